The van der Waals surface area contributed by atoms with Crippen LogP contribution in [0.1, 0.15) is 24.5 Å². The number of nitrogens with one attached hydrogen (secondary N) is 1. The number of carbonyl (C=O) groups excluding carboxylic acids is 2. The van der Waals surface area contributed by atoms with Crippen molar-refractivity contribution < 1.29 is 27.9 Å². The Morgan fingerprint density at radius 3 is 2.86 bits per heavy atom. The van der Waals surface area contributed by atoms with Crippen LogP contribution in [0.25, 0.3) is 0 Å². The summed E-state index contributed by atoms with van der Waals surface area (Å²) >= 11 is 6.03. The van der Waals surface area contributed by atoms with E-state index >= 15 is 0 Å². The van der Waals surface area contributed by atoms with Gasteiger partial charge in [0, 0.05) is 30.3 Å². The van der Waals surface area contributed by atoms with Gasteiger partial charge in [0.15, 0.2) is 0 Å². The maximum atomic E-state index is 11.4. The quantitative estimate of drug-likeness (QED) is 0.397. The molecule has 0 aliphatic carbocycles. The van der Waals surface area contributed by atoms with Gasteiger partial charge in [-0.3, -0.25) is 14.5 Å². The van der Waals surface area contributed by atoms with Crippen LogP contribution in [0.3, 0.4) is 0 Å². The van der Waals surface area contributed by atoms with Crippen molar-refractivity contribution in [3.63, 3.8) is 0 Å². The van der Waals surface area contributed by atoms with Crippen molar-refractivity contribution >= 4 is 32.5 Å². The lowest BCUT2D eigenvalue weighted by Gasteiger charge is -2.24. The topological polar surface area (TPSA) is 86.3 Å². The predicted molar refractivity (Wildman–Crippen MR) is 107 cm³/mol. The van der Waals surface area contributed by atoms with Crippen LogP contribution in [0.4, 0.5) is 0 Å². The highest BCUT2D eigenvalue weighted by atomic mass is 35.5. The number of benzene rings is 1. The molecule has 158 valence electrons. The number of rotatable bonds is 7. The SMILES string of the molecule is CNC(=O)/C=C\N(C=O)C1OC(COP2OCc3ccc(Cl)cc3CO2)CC1C. The third kappa shape index (κ3) is 5.98. The minimum atomic E-state index is -1.51. The zero-order chi connectivity index (χ0) is 20.8. The zero-order valence-corrected chi connectivity index (χ0v) is 17.9. The van der Waals surface area contributed by atoms with Crippen LogP contribution in [0, 0.1) is 5.92 Å². The molecule has 4 atom stereocenters. The first-order valence-electron chi connectivity index (χ1n) is 9.24. The maximum absolute atomic E-state index is 11.4. The summed E-state index contributed by atoms with van der Waals surface area (Å²) in [5, 5.41) is 3.12. The molecule has 0 aromatic heterocycles. The first kappa shape index (κ1) is 22.2. The van der Waals surface area contributed by atoms with Crippen LogP contribution in [-0.2, 0) is 41.1 Å². The third-order valence-electron chi connectivity index (χ3n) is 4.70. The van der Waals surface area contributed by atoms with Crippen molar-refractivity contribution in [1.82, 2.24) is 10.2 Å². The number of halogens is 1. The molecule has 29 heavy (non-hydrogen) atoms. The van der Waals surface area contributed by atoms with E-state index in [0.29, 0.717) is 31.1 Å². The fourth-order valence-electron chi connectivity index (χ4n) is 3.18. The molecule has 0 radical (unpaired) electrons. The molecule has 0 saturated carbocycles. The standard InChI is InChI=1S/C19H24ClN2O6P/c1-13-7-17(28-19(13)22(12-23)6-5-18(24)21-2)11-27-29-25-9-14-3-4-16(20)8-15(14)10-26-29/h3-6,8,12-13,17,19H,7,9-11H2,1-2H3,(H,21,24)/b6-5-. The van der Waals surface area contributed by atoms with Gasteiger partial charge in [0.25, 0.3) is 0 Å². The van der Waals surface area contributed by atoms with Gasteiger partial charge in [-0.05, 0) is 29.7 Å². The average Bonchev–Trinajstić information content (AvgIpc) is 2.96. The van der Waals surface area contributed by atoms with E-state index in [4.69, 9.17) is 29.9 Å². The molecule has 2 aliphatic rings. The second kappa shape index (κ2) is 10.5. The van der Waals surface area contributed by atoms with Crippen LogP contribution in [0.15, 0.2) is 30.5 Å². The van der Waals surface area contributed by atoms with Crippen LogP contribution in [0.2, 0.25) is 5.02 Å². The molecule has 8 nitrogen and oxygen atoms in total. The average molecular weight is 443 g/mol. The summed E-state index contributed by atoms with van der Waals surface area (Å²) < 4.78 is 23.2. The number of nitrogens with zero attached hydrogens (tertiary/aromatic N) is 1. The molecule has 1 aromatic rings. The smallest absolute Gasteiger partial charge is 0.333 e. The Hall–Kier alpha value is -1.54. The first-order chi connectivity index (χ1) is 14.0. The minimum Gasteiger partial charge on any atom is -0.356 e. The first-order valence-corrected chi connectivity index (χ1v) is 10.7. The Bertz CT molecular complexity index is 764. The lowest BCUT2D eigenvalue weighted by atomic mass is 10.1. The van der Waals surface area contributed by atoms with Crippen LogP contribution in [0.5, 0.6) is 0 Å². The largest absolute Gasteiger partial charge is 0.356 e. The lowest BCUT2D eigenvalue weighted by Crippen LogP contribution is -2.34. The molecule has 2 amide bonds. The summed E-state index contributed by atoms with van der Waals surface area (Å²) in [6.45, 7) is 3.04. The Morgan fingerprint density at radius 1 is 1.38 bits per heavy atom. The fourth-order valence-corrected chi connectivity index (χ4v) is 4.37. The molecule has 1 aromatic carbocycles. The fraction of sp³-hybridized carbons (Fsp3) is 0.474. The number of hydrogen-bond donors (Lipinski definition) is 1. The van der Waals surface area contributed by atoms with Crippen molar-refractivity contribution in [1.29, 1.82) is 0 Å². The molecule has 4 unspecified atom stereocenters. The van der Waals surface area contributed by atoms with E-state index in [1.165, 1.54) is 24.2 Å². The van der Waals surface area contributed by atoms with Crippen molar-refractivity contribution in [2.24, 2.45) is 5.92 Å². The highest BCUT2D eigenvalue weighted by molar-refractivity contribution is 7.41. The molecule has 2 aliphatic heterocycles. The van der Waals surface area contributed by atoms with E-state index in [0.717, 1.165) is 11.1 Å². The minimum absolute atomic E-state index is 0.0817. The monoisotopic (exact) mass is 442 g/mol. The summed E-state index contributed by atoms with van der Waals surface area (Å²) in [7, 11) is 0.0116. The molecular formula is C19H24ClN2O6P. The number of amides is 2. The number of carbonyl (C=O) groups is 2. The maximum Gasteiger partial charge on any atom is 0.333 e. The van der Waals surface area contributed by atoms with Gasteiger partial charge in [-0.25, -0.2) is 0 Å². The third-order valence-corrected chi connectivity index (χ3v) is 5.97. The van der Waals surface area contributed by atoms with Crippen LogP contribution in [-0.4, -0.2) is 43.2 Å². The summed E-state index contributed by atoms with van der Waals surface area (Å²) in [5.74, 6) is -0.214. The molecule has 0 spiro atoms. The number of hydrogen-bond acceptors (Lipinski definition) is 6. The Balaban J connectivity index is 1.50. The normalized spacial score (nSPS) is 26.7. The summed E-state index contributed by atoms with van der Waals surface area (Å²) in [6.07, 6.45) is 3.39. The predicted octanol–water partition coefficient (Wildman–Crippen LogP) is 3.10. The van der Waals surface area contributed by atoms with Gasteiger partial charge in [-0.15, -0.1) is 0 Å². The molecule has 3 rings (SSSR count). The summed E-state index contributed by atoms with van der Waals surface area (Å²) in [4.78, 5) is 24.1. The lowest BCUT2D eigenvalue weighted by molar-refractivity contribution is -0.129. The second-order valence-corrected chi connectivity index (χ2v) is 8.48. The van der Waals surface area contributed by atoms with Crippen molar-refractivity contribution in [3.05, 3.63) is 46.6 Å². The number of fused-ring (bicyclic) bond motifs is 1. The van der Waals surface area contributed by atoms with Gasteiger partial charge >= 0.3 is 8.60 Å². The van der Waals surface area contributed by atoms with Gasteiger partial charge in [-0.1, -0.05) is 24.6 Å². The summed E-state index contributed by atoms with van der Waals surface area (Å²) in [6, 6.07) is 5.61. The highest BCUT2D eigenvalue weighted by Gasteiger charge is 2.36. The molecule has 0 bridgehead atoms. The van der Waals surface area contributed by atoms with E-state index < -0.39 is 14.8 Å². The number of ether oxygens (including phenoxy) is 1. The summed E-state index contributed by atoms with van der Waals surface area (Å²) in [5.41, 5.74) is 2.01. The zero-order valence-electron chi connectivity index (χ0n) is 16.2. The van der Waals surface area contributed by atoms with Crippen molar-refractivity contribution in [2.75, 3.05) is 13.7 Å². The Labute approximate surface area is 176 Å². The van der Waals surface area contributed by atoms with E-state index in [-0.39, 0.29) is 24.5 Å². The Morgan fingerprint density at radius 2 is 2.14 bits per heavy atom. The van der Waals surface area contributed by atoms with Crippen molar-refractivity contribution in [2.45, 2.75) is 38.9 Å². The molecular weight excluding hydrogens is 419 g/mol. The molecule has 1 saturated heterocycles. The van der Waals surface area contributed by atoms with Gasteiger partial charge in [0.2, 0.25) is 12.3 Å². The van der Waals surface area contributed by atoms with Gasteiger partial charge in [0.1, 0.15) is 6.23 Å². The molecule has 1 fully saturated rings. The second-order valence-electron chi connectivity index (χ2n) is 6.82. The van der Waals surface area contributed by atoms with Crippen LogP contribution >= 0.6 is 20.2 Å². The van der Waals surface area contributed by atoms with Crippen LogP contribution < -0.4 is 5.32 Å². The van der Waals surface area contributed by atoms with E-state index in [1.54, 1.807) is 0 Å². The van der Waals surface area contributed by atoms with E-state index in [1.807, 2.05) is 25.1 Å². The molecule has 2 heterocycles. The van der Waals surface area contributed by atoms with Gasteiger partial charge in [0.05, 0.1) is 25.9 Å². The van der Waals surface area contributed by atoms with Gasteiger partial charge in [-0.2, -0.15) is 0 Å². The molecule has 10 heteroatoms. The van der Waals surface area contributed by atoms with E-state index in [2.05, 4.69) is 5.32 Å². The number of likely N-dealkylation sites (N-methyl/N-ethyl adjacent to an activating group) is 1. The Kier molecular flexibility index (Phi) is 8.00. The highest BCUT2D eigenvalue weighted by Crippen LogP contribution is 2.45. The van der Waals surface area contributed by atoms with Crippen molar-refractivity contribution in [3.8, 4) is 0 Å². The van der Waals surface area contributed by atoms with Gasteiger partial charge < -0.3 is 23.6 Å². The molecule has 1 N–H and O–H groups in total. The van der Waals surface area contributed by atoms with E-state index in [9.17, 15) is 9.59 Å².